The highest BCUT2D eigenvalue weighted by Crippen LogP contribution is 2.34. The van der Waals surface area contributed by atoms with Gasteiger partial charge < -0.3 is 20.3 Å². The molecule has 10 heteroatoms. The fourth-order valence-electron chi connectivity index (χ4n) is 2.73. The number of phenols is 1. The molecule has 0 bridgehead atoms. The number of carbonyl (C=O) groups excluding carboxylic acids is 2. The molecule has 1 aromatic rings. The largest absolute Gasteiger partial charge is 0.504 e. The van der Waals surface area contributed by atoms with Gasteiger partial charge in [0, 0.05) is 13.0 Å². The van der Waals surface area contributed by atoms with Gasteiger partial charge in [-0.3, -0.25) is 19.3 Å². The molecule has 1 heterocycles. The van der Waals surface area contributed by atoms with Crippen LogP contribution in [0.15, 0.2) is 23.1 Å². The number of hydrogen-bond acceptors (Lipinski definition) is 7. The van der Waals surface area contributed by atoms with E-state index in [0.29, 0.717) is 47.4 Å². The van der Waals surface area contributed by atoms with E-state index in [1.807, 2.05) is 6.92 Å². The molecule has 1 aromatic carbocycles. The van der Waals surface area contributed by atoms with Gasteiger partial charge in [0.25, 0.3) is 5.91 Å². The summed E-state index contributed by atoms with van der Waals surface area (Å²) in [6.45, 7) is 2.31. The SMILES string of the molecule is CCOc1cc(/C=C2\SC(=S)N(CCCCCC(=O)NCC(=O)O)C2=O)ccc1O. The number of thiocarbonyl (C=S) groups is 1. The maximum Gasteiger partial charge on any atom is 0.322 e. The van der Waals surface area contributed by atoms with Gasteiger partial charge in [0.15, 0.2) is 11.5 Å². The number of benzene rings is 1. The number of carbonyl (C=O) groups is 3. The number of hydrogen-bond donors (Lipinski definition) is 3. The summed E-state index contributed by atoms with van der Waals surface area (Å²) in [5.74, 6) is -1.15. The first kappa shape index (κ1) is 23.7. The van der Waals surface area contributed by atoms with Gasteiger partial charge in [-0.2, -0.15) is 0 Å². The topological polar surface area (TPSA) is 116 Å². The third-order valence-corrected chi connectivity index (χ3v) is 5.56. The average Bonchev–Trinajstić information content (AvgIpc) is 2.96. The van der Waals surface area contributed by atoms with Crippen LogP contribution in [-0.4, -0.2) is 56.9 Å². The van der Waals surface area contributed by atoms with Crippen molar-refractivity contribution in [2.45, 2.75) is 32.6 Å². The number of ether oxygens (including phenoxy) is 1. The lowest BCUT2D eigenvalue weighted by atomic mass is 10.1. The molecule has 2 rings (SSSR count). The zero-order chi connectivity index (χ0) is 22.1. The Balaban J connectivity index is 1.85. The number of carboxylic acid groups (broad SMARTS) is 1. The van der Waals surface area contributed by atoms with Gasteiger partial charge in [-0.05, 0) is 43.5 Å². The Hall–Kier alpha value is -2.59. The maximum atomic E-state index is 12.7. The molecule has 3 N–H and O–H groups in total. The van der Waals surface area contributed by atoms with Crippen LogP contribution in [0.3, 0.4) is 0 Å². The molecule has 1 fully saturated rings. The molecular weight excluding hydrogens is 428 g/mol. The van der Waals surface area contributed by atoms with Crippen LogP contribution in [0.5, 0.6) is 11.5 Å². The van der Waals surface area contributed by atoms with E-state index in [0.717, 1.165) is 5.56 Å². The number of nitrogens with one attached hydrogen (secondary N) is 1. The number of nitrogens with zero attached hydrogens (tertiary/aromatic N) is 1. The van der Waals surface area contributed by atoms with Gasteiger partial charge in [-0.1, -0.05) is 36.5 Å². The lowest BCUT2D eigenvalue weighted by Gasteiger charge is -2.14. The van der Waals surface area contributed by atoms with Crippen molar-refractivity contribution < 1.29 is 29.3 Å². The van der Waals surface area contributed by atoms with E-state index < -0.39 is 5.97 Å². The highest BCUT2D eigenvalue weighted by molar-refractivity contribution is 8.26. The maximum absolute atomic E-state index is 12.7. The van der Waals surface area contributed by atoms with Gasteiger partial charge in [0.1, 0.15) is 10.9 Å². The van der Waals surface area contributed by atoms with Crippen molar-refractivity contribution in [2.75, 3.05) is 19.7 Å². The van der Waals surface area contributed by atoms with E-state index in [4.69, 9.17) is 22.1 Å². The minimum Gasteiger partial charge on any atom is -0.504 e. The quantitative estimate of drug-likeness (QED) is 0.267. The van der Waals surface area contributed by atoms with Crippen LogP contribution in [0, 0.1) is 0 Å². The fraction of sp³-hybridized carbons (Fsp3) is 0.400. The lowest BCUT2D eigenvalue weighted by molar-refractivity contribution is -0.137. The first-order chi connectivity index (χ1) is 14.3. The minimum atomic E-state index is -1.08. The van der Waals surface area contributed by atoms with Crippen LogP contribution in [-0.2, 0) is 14.4 Å². The molecule has 8 nitrogen and oxygen atoms in total. The van der Waals surface area contributed by atoms with Gasteiger partial charge in [0.2, 0.25) is 5.91 Å². The summed E-state index contributed by atoms with van der Waals surface area (Å²) in [4.78, 5) is 36.6. The monoisotopic (exact) mass is 452 g/mol. The van der Waals surface area contributed by atoms with E-state index in [1.165, 1.54) is 17.8 Å². The summed E-state index contributed by atoms with van der Waals surface area (Å²) >= 11 is 6.54. The molecule has 0 aliphatic carbocycles. The highest BCUT2D eigenvalue weighted by atomic mass is 32.2. The van der Waals surface area contributed by atoms with Crippen molar-refractivity contribution in [1.82, 2.24) is 10.2 Å². The zero-order valence-corrected chi connectivity index (χ0v) is 18.2. The molecule has 0 aromatic heterocycles. The molecule has 0 saturated carbocycles. The number of amides is 2. The number of rotatable bonds is 11. The number of thioether (sulfide) groups is 1. The Bertz CT molecular complexity index is 856. The Kier molecular flexibility index (Phi) is 9.13. The van der Waals surface area contributed by atoms with Crippen LogP contribution in [0.2, 0.25) is 0 Å². The summed E-state index contributed by atoms with van der Waals surface area (Å²) in [5, 5.41) is 20.6. The molecule has 30 heavy (non-hydrogen) atoms. The second-order valence-corrected chi connectivity index (χ2v) is 8.15. The van der Waals surface area contributed by atoms with E-state index in [1.54, 1.807) is 23.1 Å². The third-order valence-electron chi connectivity index (χ3n) is 4.18. The Morgan fingerprint density at radius 2 is 2.07 bits per heavy atom. The van der Waals surface area contributed by atoms with Crippen molar-refractivity contribution in [2.24, 2.45) is 0 Å². The standard InChI is InChI=1S/C20H24N2O6S2/c1-2-28-15-10-13(7-8-14(15)23)11-16-19(27)22(20(29)30-16)9-5-3-4-6-17(24)21-12-18(25)26/h7-8,10-11,23H,2-6,9,12H2,1H3,(H,21,24)(H,25,26)/b16-11-. The van der Waals surface area contributed by atoms with Crippen molar-refractivity contribution in [1.29, 1.82) is 0 Å². The average molecular weight is 453 g/mol. The first-order valence-corrected chi connectivity index (χ1v) is 10.7. The number of unbranched alkanes of at least 4 members (excludes halogenated alkanes) is 2. The Morgan fingerprint density at radius 1 is 1.30 bits per heavy atom. The van der Waals surface area contributed by atoms with Crippen LogP contribution >= 0.6 is 24.0 Å². The predicted molar refractivity (Wildman–Crippen MR) is 118 cm³/mol. The number of aromatic hydroxyl groups is 1. The summed E-state index contributed by atoms with van der Waals surface area (Å²) in [7, 11) is 0. The molecule has 1 aliphatic rings. The van der Waals surface area contributed by atoms with E-state index >= 15 is 0 Å². The molecule has 162 valence electrons. The summed E-state index contributed by atoms with van der Waals surface area (Å²) < 4.78 is 5.85. The fourth-order valence-corrected chi connectivity index (χ4v) is 4.04. The van der Waals surface area contributed by atoms with Crippen molar-refractivity contribution >= 4 is 52.2 Å². The number of phenolic OH excluding ortho intramolecular Hbond substituents is 1. The molecule has 0 radical (unpaired) electrons. The van der Waals surface area contributed by atoms with Crippen molar-refractivity contribution in [3.63, 3.8) is 0 Å². The molecule has 0 unspecified atom stereocenters. The Morgan fingerprint density at radius 3 is 2.77 bits per heavy atom. The summed E-state index contributed by atoms with van der Waals surface area (Å²) in [6.07, 6.45) is 3.96. The minimum absolute atomic E-state index is 0.0400. The molecule has 0 spiro atoms. The van der Waals surface area contributed by atoms with E-state index in [-0.39, 0.29) is 30.5 Å². The molecule has 0 atom stereocenters. The van der Waals surface area contributed by atoms with E-state index in [2.05, 4.69) is 5.32 Å². The first-order valence-electron chi connectivity index (χ1n) is 9.51. The van der Waals surface area contributed by atoms with Crippen LogP contribution < -0.4 is 10.1 Å². The van der Waals surface area contributed by atoms with E-state index in [9.17, 15) is 19.5 Å². The summed E-state index contributed by atoms with van der Waals surface area (Å²) in [5.41, 5.74) is 0.726. The smallest absolute Gasteiger partial charge is 0.322 e. The second kappa shape index (κ2) is 11.6. The predicted octanol–water partition coefficient (Wildman–Crippen LogP) is 2.75. The zero-order valence-electron chi connectivity index (χ0n) is 16.6. The lowest BCUT2D eigenvalue weighted by Crippen LogP contribution is -2.29. The van der Waals surface area contributed by atoms with Crippen molar-refractivity contribution in [3.05, 3.63) is 28.7 Å². The second-order valence-electron chi connectivity index (χ2n) is 6.47. The van der Waals surface area contributed by atoms with Gasteiger partial charge >= 0.3 is 5.97 Å². The number of aliphatic carboxylic acids is 1. The number of carboxylic acids is 1. The molecular formula is C20H24N2O6S2. The van der Waals surface area contributed by atoms with Gasteiger partial charge in [0.05, 0.1) is 11.5 Å². The van der Waals surface area contributed by atoms with Gasteiger partial charge in [-0.25, -0.2) is 0 Å². The van der Waals surface area contributed by atoms with Crippen LogP contribution in [0.25, 0.3) is 6.08 Å². The molecule has 1 aliphatic heterocycles. The van der Waals surface area contributed by atoms with Crippen LogP contribution in [0.1, 0.15) is 38.2 Å². The highest BCUT2D eigenvalue weighted by Gasteiger charge is 2.31. The van der Waals surface area contributed by atoms with Crippen LogP contribution in [0.4, 0.5) is 0 Å². The Labute approximate surface area is 184 Å². The molecule has 2 amide bonds. The molecule has 1 saturated heterocycles. The third kappa shape index (κ3) is 7.03. The normalized spacial score (nSPS) is 15.0. The van der Waals surface area contributed by atoms with Gasteiger partial charge in [-0.15, -0.1) is 0 Å². The van der Waals surface area contributed by atoms with Crippen molar-refractivity contribution in [3.8, 4) is 11.5 Å². The summed E-state index contributed by atoms with van der Waals surface area (Å²) in [6, 6.07) is 4.88.